The fraction of sp³-hybridized carbons (Fsp3) is 0. The van der Waals surface area contributed by atoms with Crippen LogP contribution in [-0.4, -0.2) is 20.7 Å². The minimum absolute atomic E-state index is 0.102. The number of aromatic nitrogens is 2. The van der Waals surface area contributed by atoms with E-state index < -0.39 is 0 Å². The molecule has 4 aromatic carbocycles. The van der Waals surface area contributed by atoms with Crippen molar-refractivity contribution in [3.8, 4) is 22.7 Å². The van der Waals surface area contributed by atoms with Crippen LogP contribution in [0.3, 0.4) is 0 Å². The van der Waals surface area contributed by atoms with Crippen LogP contribution in [0.15, 0.2) is 106 Å². The number of hydrogen-bond donors (Lipinski definition) is 1. The van der Waals surface area contributed by atoms with E-state index in [0.717, 1.165) is 15.4 Å². The number of ketones is 1. The van der Waals surface area contributed by atoms with Crippen LogP contribution in [0.25, 0.3) is 27.7 Å². The molecule has 0 bridgehead atoms. The zero-order chi connectivity index (χ0) is 22.9. The second kappa shape index (κ2) is 8.48. The largest absolute Gasteiger partial charge is 0.508 e. The molecular weight excluding hydrogens is 480 g/mol. The van der Waals surface area contributed by atoms with E-state index in [1.807, 2.05) is 42.5 Å². The Hall–Kier alpha value is -4.03. The van der Waals surface area contributed by atoms with Crippen LogP contribution < -0.4 is 5.56 Å². The first kappa shape index (κ1) is 20.8. The monoisotopic (exact) mass is 496 g/mol. The summed E-state index contributed by atoms with van der Waals surface area (Å²) in [6, 6.07) is 28.1. The molecule has 0 saturated heterocycles. The Balaban J connectivity index is 1.60. The van der Waals surface area contributed by atoms with Gasteiger partial charge in [-0.25, -0.2) is 0 Å². The SMILES string of the molecule is O=C(c1ccc(O)cc1)c1ccc(-n2nc(-c3ccc(Br)cc3)c3ccccc3c2=O)cc1. The molecule has 0 aliphatic rings. The number of aromatic hydroxyl groups is 1. The van der Waals surface area contributed by atoms with Gasteiger partial charge in [0.25, 0.3) is 5.56 Å². The number of phenols is 1. The summed E-state index contributed by atoms with van der Waals surface area (Å²) < 4.78 is 2.33. The number of nitrogens with zero attached hydrogens (tertiary/aromatic N) is 2. The molecule has 6 heteroatoms. The van der Waals surface area contributed by atoms with E-state index >= 15 is 0 Å². The first-order valence-corrected chi connectivity index (χ1v) is 11.0. The molecule has 0 spiro atoms. The Labute approximate surface area is 197 Å². The number of benzene rings is 4. The molecule has 0 unspecified atom stereocenters. The molecule has 0 fully saturated rings. The van der Waals surface area contributed by atoms with Gasteiger partial charge in [0.05, 0.1) is 16.8 Å². The van der Waals surface area contributed by atoms with E-state index in [4.69, 9.17) is 0 Å². The van der Waals surface area contributed by atoms with Gasteiger partial charge in [-0.15, -0.1) is 0 Å². The van der Waals surface area contributed by atoms with Gasteiger partial charge >= 0.3 is 0 Å². The van der Waals surface area contributed by atoms with Crippen molar-refractivity contribution in [1.82, 2.24) is 9.78 Å². The Morgan fingerprint density at radius 1 is 0.758 bits per heavy atom. The number of rotatable bonds is 4. The number of fused-ring (bicyclic) bond motifs is 1. The molecule has 5 aromatic rings. The number of carbonyl (C=O) groups excluding carboxylic acids is 1. The van der Waals surface area contributed by atoms with Gasteiger partial charge in [-0.2, -0.15) is 9.78 Å². The Morgan fingerprint density at radius 3 is 1.97 bits per heavy atom. The van der Waals surface area contributed by atoms with Crippen molar-refractivity contribution in [3.63, 3.8) is 0 Å². The lowest BCUT2D eigenvalue weighted by Crippen LogP contribution is -2.22. The molecular formula is C27H17BrN2O3. The van der Waals surface area contributed by atoms with E-state index in [1.54, 1.807) is 42.5 Å². The molecule has 0 aliphatic heterocycles. The summed E-state index contributed by atoms with van der Waals surface area (Å²) in [5.41, 5.74) is 2.87. The van der Waals surface area contributed by atoms with Crippen molar-refractivity contribution in [2.45, 2.75) is 0 Å². The molecule has 5 rings (SSSR count). The van der Waals surface area contributed by atoms with Gasteiger partial charge in [0.1, 0.15) is 5.75 Å². The van der Waals surface area contributed by atoms with Gasteiger partial charge in [-0.05, 0) is 66.7 Å². The van der Waals surface area contributed by atoms with Crippen molar-refractivity contribution in [3.05, 3.63) is 123 Å². The fourth-order valence-corrected chi connectivity index (χ4v) is 3.98. The highest BCUT2D eigenvalue weighted by Gasteiger charge is 2.14. The number of carbonyl (C=O) groups is 1. The summed E-state index contributed by atoms with van der Waals surface area (Å²) in [5, 5.41) is 15.5. The van der Waals surface area contributed by atoms with Crippen molar-refractivity contribution in [2.75, 3.05) is 0 Å². The number of phenolic OH excluding ortho intramolecular Hbond substituents is 1. The molecule has 0 amide bonds. The van der Waals surface area contributed by atoms with Crippen LogP contribution in [0, 0.1) is 0 Å². The lowest BCUT2D eigenvalue weighted by atomic mass is 10.0. The van der Waals surface area contributed by atoms with Gasteiger partial charge in [0.15, 0.2) is 5.78 Å². The lowest BCUT2D eigenvalue weighted by Gasteiger charge is -2.12. The fourth-order valence-electron chi connectivity index (χ4n) is 3.72. The third-order valence-electron chi connectivity index (χ3n) is 5.43. The van der Waals surface area contributed by atoms with E-state index in [-0.39, 0.29) is 17.1 Å². The maximum atomic E-state index is 13.2. The molecule has 1 N–H and O–H groups in total. The minimum atomic E-state index is -0.232. The van der Waals surface area contributed by atoms with Crippen molar-refractivity contribution >= 4 is 32.5 Å². The molecule has 0 saturated carbocycles. The molecule has 0 aliphatic carbocycles. The van der Waals surface area contributed by atoms with Crippen LogP contribution in [0.5, 0.6) is 5.75 Å². The molecule has 5 nitrogen and oxygen atoms in total. The highest BCUT2D eigenvalue weighted by molar-refractivity contribution is 9.10. The highest BCUT2D eigenvalue weighted by Crippen LogP contribution is 2.27. The summed E-state index contributed by atoms with van der Waals surface area (Å²) in [6.07, 6.45) is 0. The maximum Gasteiger partial charge on any atom is 0.279 e. The molecule has 33 heavy (non-hydrogen) atoms. The Bertz CT molecular complexity index is 1540. The van der Waals surface area contributed by atoms with Gasteiger partial charge in [-0.3, -0.25) is 9.59 Å². The molecule has 1 heterocycles. The van der Waals surface area contributed by atoms with Crippen molar-refractivity contribution < 1.29 is 9.90 Å². The molecule has 0 radical (unpaired) electrons. The quantitative estimate of drug-likeness (QED) is 0.321. The van der Waals surface area contributed by atoms with Crippen LogP contribution in [-0.2, 0) is 0 Å². The lowest BCUT2D eigenvalue weighted by molar-refractivity contribution is 0.103. The van der Waals surface area contributed by atoms with Crippen LogP contribution in [0.2, 0.25) is 0 Å². The second-order valence-electron chi connectivity index (χ2n) is 7.54. The third kappa shape index (κ3) is 3.97. The zero-order valence-corrected chi connectivity index (χ0v) is 18.9. The number of halogens is 1. The van der Waals surface area contributed by atoms with Gasteiger partial charge < -0.3 is 5.11 Å². The average molecular weight is 497 g/mol. The smallest absolute Gasteiger partial charge is 0.279 e. The summed E-state index contributed by atoms with van der Waals surface area (Å²) in [5.74, 6) is -0.0684. The second-order valence-corrected chi connectivity index (χ2v) is 8.46. The first-order chi connectivity index (χ1) is 16.0. The summed E-state index contributed by atoms with van der Waals surface area (Å²) in [4.78, 5) is 26.0. The zero-order valence-electron chi connectivity index (χ0n) is 17.3. The van der Waals surface area contributed by atoms with Crippen LogP contribution in [0.1, 0.15) is 15.9 Å². The summed E-state index contributed by atoms with van der Waals surface area (Å²) in [7, 11) is 0. The van der Waals surface area contributed by atoms with E-state index in [9.17, 15) is 14.7 Å². The Morgan fingerprint density at radius 2 is 1.33 bits per heavy atom. The molecule has 1 aromatic heterocycles. The van der Waals surface area contributed by atoms with Crippen LogP contribution in [0.4, 0.5) is 0 Å². The van der Waals surface area contributed by atoms with E-state index in [0.29, 0.717) is 27.9 Å². The normalized spacial score (nSPS) is 10.9. The Kier molecular flexibility index (Phi) is 5.36. The predicted octanol–water partition coefficient (Wildman–Crippen LogP) is 5.75. The van der Waals surface area contributed by atoms with E-state index in [1.165, 1.54) is 16.8 Å². The van der Waals surface area contributed by atoms with Gasteiger partial charge in [0, 0.05) is 26.5 Å². The third-order valence-corrected chi connectivity index (χ3v) is 5.95. The predicted molar refractivity (Wildman–Crippen MR) is 132 cm³/mol. The standard InChI is InChI=1S/C27H17BrN2O3/c28-20-11-5-17(6-12-20)25-23-3-1-2-4-24(23)27(33)30(29-25)21-13-7-18(8-14-21)26(32)19-9-15-22(31)16-10-19/h1-16,31H. The highest BCUT2D eigenvalue weighted by atomic mass is 79.9. The molecule has 160 valence electrons. The van der Waals surface area contributed by atoms with Crippen LogP contribution >= 0.6 is 15.9 Å². The van der Waals surface area contributed by atoms with Gasteiger partial charge in [0.2, 0.25) is 0 Å². The van der Waals surface area contributed by atoms with Crippen molar-refractivity contribution in [1.29, 1.82) is 0 Å². The molecule has 0 atom stereocenters. The minimum Gasteiger partial charge on any atom is -0.508 e. The van der Waals surface area contributed by atoms with Gasteiger partial charge in [-0.1, -0.05) is 46.3 Å². The average Bonchev–Trinajstić information content (AvgIpc) is 2.85. The summed E-state index contributed by atoms with van der Waals surface area (Å²) >= 11 is 3.45. The van der Waals surface area contributed by atoms with E-state index in [2.05, 4.69) is 21.0 Å². The first-order valence-electron chi connectivity index (χ1n) is 10.2. The topological polar surface area (TPSA) is 72.2 Å². The summed E-state index contributed by atoms with van der Waals surface area (Å²) in [6.45, 7) is 0. The van der Waals surface area contributed by atoms with Crippen molar-refractivity contribution in [2.24, 2.45) is 0 Å². The number of hydrogen-bond acceptors (Lipinski definition) is 4. The maximum absolute atomic E-state index is 13.2.